The number of hydrogen-bond donors (Lipinski definition) is 2. The lowest BCUT2D eigenvalue weighted by atomic mass is 10.2. The lowest BCUT2D eigenvalue weighted by molar-refractivity contribution is 0.0950. The minimum Gasteiger partial charge on any atom is -0.351 e. The van der Waals surface area contributed by atoms with E-state index in [9.17, 15) is 13.2 Å². The molecule has 0 aliphatic carbocycles. The van der Waals surface area contributed by atoms with Gasteiger partial charge in [0.1, 0.15) is 0 Å². The number of amides is 1. The predicted octanol–water partition coefficient (Wildman–Crippen LogP) is 0.819. The molecule has 0 aromatic heterocycles. The van der Waals surface area contributed by atoms with E-state index in [2.05, 4.69) is 10.6 Å². The fourth-order valence-corrected chi connectivity index (χ4v) is 2.71. The van der Waals surface area contributed by atoms with Gasteiger partial charge in [0, 0.05) is 13.1 Å². The minimum absolute atomic E-state index is 0.0192. The first-order valence-electron chi connectivity index (χ1n) is 6.33. The molecule has 0 fully saturated rings. The first-order chi connectivity index (χ1) is 9.03. The summed E-state index contributed by atoms with van der Waals surface area (Å²) in [7, 11) is -3.39. The average molecular weight is 284 g/mol. The number of likely N-dealkylation sites (N-methyl/N-ethyl adjacent to an activating group) is 1. The van der Waals surface area contributed by atoms with Crippen molar-refractivity contribution in [2.75, 3.05) is 25.4 Å². The molecule has 2 N–H and O–H groups in total. The minimum atomic E-state index is -3.39. The van der Waals surface area contributed by atoms with Crippen molar-refractivity contribution >= 4 is 15.7 Å². The Labute approximate surface area is 114 Å². The molecule has 0 aliphatic heterocycles. The van der Waals surface area contributed by atoms with Crippen LogP contribution in [0.2, 0.25) is 0 Å². The predicted molar refractivity (Wildman–Crippen MR) is 75.0 cm³/mol. The molecule has 1 aromatic carbocycles. The summed E-state index contributed by atoms with van der Waals surface area (Å²) in [5.41, 5.74) is 0.209. The number of benzene rings is 1. The normalized spacial score (nSPS) is 11.3. The SMILES string of the molecule is CCNCCNC(=O)c1ccccc1S(=O)(=O)CC. The van der Waals surface area contributed by atoms with Crippen molar-refractivity contribution in [1.29, 1.82) is 0 Å². The van der Waals surface area contributed by atoms with Crippen LogP contribution in [0.3, 0.4) is 0 Å². The van der Waals surface area contributed by atoms with Crippen LogP contribution in [0.25, 0.3) is 0 Å². The maximum absolute atomic E-state index is 12.0. The third-order valence-electron chi connectivity index (χ3n) is 2.68. The van der Waals surface area contributed by atoms with Crippen LogP contribution in [0, 0.1) is 0 Å². The number of hydrogen-bond acceptors (Lipinski definition) is 4. The maximum Gasteiger partial charge on any atom is 0.252 e. The van der Waals surface area contributed by atoms with Crippen molar-refractivity contribution < 1.29 is 13.2 Å². The van der Waals surface area contributed by atoms with Gasteiger partial charge in [0.15, 0.2) is 9.84 Å². The average Bonchev–Trinajstić information content (AvgIpc) is 2.43. The van der Waals surface area contributed by atoms with E-state index < -0.39 is 9.84 Å². The Morgan fingerprint density at radius 2 is 1.84 bits per heavy atom. The molecule has 0 atom stereocenters. The van der Waals surface area contributed by atoms with E-state index in [4.69, 9.17) is 0 Å². The fourth-order valence-electron chi connectivity index (χ4n) is 1.62. The smallest absolute Gasteiger partial charge is 0.252 e. The summed E-state index contributed by atoms with van der Waals surface area (Å²) in [6, 6.07) is 6.29. The molecule has 0 aliphatic rings. The van der Waals surface area contributed by atoms with Gasteiger partial charge >= 0.3 is 0 Å². The third kappa shape index (κ3) is 4.33. The molecule has 0 bridgehead atoms. The van der Waals surface area contributed by atoms with Crippen molar-refractivity contribution in [3.63, 3.8) is 0 Å². The van der Waals surface area contributed by atoms with Gasteiger partial charge in [0.2, 0.25) is 0 Å². The molecule has 0 saturated carbocycles. The van der Waals surface area contributed by atoms with E-state index in [0.717, 1.165) is 6.54 Å². The summed E-state index contributed by atoms with van der Waals surface area (Å²) in [4.78, 5) is 12.1. The van der Waals surface area contributed by atoms with E-state index in [1.165, 1.54) is 12.1 Å². The van der Waals surface area contributed by atoms with Gasteiger partial charge in [-0.05, 0) is 18.7 Å². The Hall–Kier alpha value is -1.40. The molecule has 0 unspecified atom stereocenters. The van der Waals surface area contributed by atoms with Crippen molar-refractivity contribution in [1.82, 2.24) is 10.6 Å². The molecule has 1 rings (SSSR count). The standard InChI is InChI=1S/C13H20N2O3S/c1-3-14-9-10-15-13(16)11-7-5-6-8-12(11)19(17,18)4-2/h5-8,14H,3-4,9-10H2,1-2H3,(H,15,16). The van der Waals surface area contributed by atoms with E-state index >= 15 is 0 Å². The third-order valence-corrected chi connectivity index (χ3v) is 4.47. The highest BCUT2D eigenvalue weighted by Gasteiger charge is 2.19. The lowest BCUT2D eigenvalue weighted by Crippen LogP contribution is -2.32. The van der Waals surface area contributed by atoms with Crippen LogP contribution in [-0.4, -0.2) is 39.7 Å². The van der Waals surface area contributed by atoms with Crippen LogP contribution in [0.1, 0.15) is 24.2 Å². The Morgan fingerprint density at radius 1 is 1.16 bits per heavy atom. The quantitative estimate of drug-likeness (QED) is 0.727. The molecule has 0 saturated heterocycles. The molecule has 106 valence electrons. The highest BCUT2D eigenvalue weighted by Crippen LogP contribution is 2.16. The number of sulfone groups is 1. The fraction of sp³-hybridized carbons (Fsp3) is 0.462. The first kappa shape index (κ1) is 15.7. The number of carbonyl (C=O) groups is 1. The van der Waals surface area contributed by atoms with Crippen molar-refractivity contribution in [2.24, 2.45) is 0 Å². The monoisotopic (exact) mass is 284 g/mol. The van der Waals surface area contributed by atoms with Crippen LogP contribution >= 0.6 is 0 Å². The molecule has 0 radical (unpaired) electrons. The van der Waals surface area contributed by atoms with Gasteiger partial charge in [-0.3, -0.25) is 4.79 Å². The summed E-state index contributed by atoms with van der Waals surface area (Å²) in [6.45, 7) is 5.49. The molecular weight excluding hydrogens is 264 g/mol. The maximum atomic E-state index is 12.0. The van der Waals surface area contributed by atoms with Crippen LogP contribution in [0.4, 0.5) is 0 Å². The van der Waals surface area contributed by atoms with Crippen molar-refractivity contribution in [2.45, 2.75) is 18.7 Å². The highest BCUT2D eigenvalue weighted by molar-refractivity contribution is 7.91. The van der Waals surface area contributed by atoms with E-state index in [1.54, 1.807) is 19.1 Å². The largest absolute Gasteiger partial charge is 0.351 e. The Morgan fingerprint density at radius 3 is 2.47 bits per heavy atom. The zero-order valence-electron chi connectivity index (χ0n) is 11.3. The summed E-state index contributed by atoms with van der Waals surface area (Å²) in [6.07, 6.45) is 0. The molecule has 5 nitrogen and oxygen atoms in total. The van der Waals surface area contributed by atoms with E-state index in [-0.39, 0.29) is 22.1 Å². The zero-order valence-corrected chi connectivity index (χ0v) is 12.1. The topological polar surface area (TPSA) is 75.3 Å². The van der Waals surface area contributed by atoms with Crippen LogP contribution < -0.4 is 10.6 Å². The van der Waals surface area contributed by atoms with Crippen molar-refractivity contribution in [3.8, 4) is 0 Å². The number of nitrogens with one attached hydrogen (secondary N) is 2. The van der Waals surface area contributed by atoms with Gasteiger partial charge in [0.25, 0.3) is 5.91 Å². The Kier molecular flexibility index (Phi) is 5.98. The Bertz CT molecular complexity index is 526. The number of carbonyl (C=O) groups excluding carboxylic acids is 1. The zero-order chi connectivity index (χ0) is 14.3. The van der Waals surface area contributed by atoms with Gasteiger partial charge in [-0.2, -0.15) is 0 Å². The summed E-state index contributed by atoms with van der Waals surface area (Å²) in [5.74, 6) is -0.375. The second kappa shape index (κ2) is 7.25. The Balaban J connectivity index is 2.86. The van der Waals surface area contributed by atoms with Crippen LogP contribution in [0.5, 0.6) is 0 Å². The van der Waals surface area contributed by atoms with Gasteiger partial charge in [0.05, 0.1) is 16.2 Å². The lowest BCUT2D eigenvalue weighted by Gasteiger charge is -2.10. The highest BCUT2D eigenvalue weighted by atomic mass is 32.2. The van der Waals surface area contributed by atoms with Crippen molar-refractivity contribution in [3.05, 3.63) is 29.8 Å². The van der Waals surface area contributed by atoms with Gasteiger partial charge in [-0.15, -0.1) is 0 Å². The molecule has 1 amide bonds. The second-order valence-electron chi connectivity index (χ2n) is 4.01. The molecule has 0 spiro atoms. The first-order valence-corrected chi connectivity index (χ1v) is 7.98. The van der Waals surface area contributed by atoms with E-state index in [1.807, 2.05) is 6.92 Å². The summed E-state index contributed by atoms with van der Waals surface area (Å²) >= 11 is 0. The second-order valence-corrected chi connectivity index (χ2v) is 6.26. The van der Waals surface area contributed by atoms with Gasteiger partial charge < -0.3 is 10.6 Å². The molecule has 0 heterocycles. The van der Waals surface area contributed by atoms with Gasteiger partial charge in [-0.1, -0.05) is 26.0 Å². The molecule has 1 aromatic rings. The molecule has 6 heteroatoms. The summed E-state index contributed by atoms with van der Waals surface area (Å²) < 4.78 is 23.8. The van der Waals surface area contributed by atoms with Crippen LogP contribution in [-0.2, 0) is 9.84 Å². The van der Waals surface area contributed by atoms with E-state index in [0.29, 0.717) is 13.1 Å². The van der Waals surface area contributed by atoms with Gasteiger partial charge in [-0.25, -0.2) is 8.42 Å². The van der Waals surface area contributed by atoms with Crippen LogP contribution in [0.15, 0.2) is 29.2 Å². The molecule has 19 heavy (non-hydrogen) atoms. The molecular formula is C13H20N2O3S. The summed E-state index contributed by atoms with van der Waals surface area (Å²) in [5, 5.41) is 5.78. The number of rotatable bonds is 7.